The number of fused-ring (bicyclic) bond motifs is 1. The fraction of sp³-hybridized carbons (Fsp3) is 0.357. The Balaban J connectivity index is 2.25. The maximum absolute atomic E-state index is 12.4. The van der Waals surface area contributed by atoms with Crippen molar-refractivity contribution in [2.45, 2.75) is 32.2 Å². The molecule has 0 aliphatic rings. The molecule has 0 aliphatic heterocycles. The first-order valence-corrected chi connectivity index (χ1v) is 7.06. The van der Waals surface area contributed by atoms with Crippen molar-refractivity contribution in [3.8, 4) is 0 Å². The highest BCUT2D eigenvalue weighted by molar-refractivity contribution is 6.32. The number of nitrogens with zero attached hydrogens (tertiary/aromatic N) is 2. The molecule has 7 heteroatoms. The van der Waals surface area contributed by atoms with E-state index in [0.29, 0.717) is 12.1 Å². The average Bonchev–Trinajstić information content (AvgIpc) is 2.73. The van der Waals surface area contributed by atoms with E-state index in [-0.39, 0.29) is 17.3 Å². The van der Waals surface area contributed by atoms with Gasteiger partial charge in [0.15, 0.2) is 10.8 Å². The molecule has 0 spiro atoms. The van der Waals surface area contributed by atoms with Crippen LogP contribution in [-0.2, 0) is 4.79 Å². The van der Waals surface area contributed by atoms with Gasteiger partial charge in [-0.15, -0.1) is 0 Å². The van der Waals surface area contributed by atoms with Crippen molar-refractivity contribution in [3.63, 3.8) is 0 Å². The van der Waals surface area contributed by atoms with E-state index in [0.717, 1.165) is 6.42 Å². The van der Waals surface area contributed by atoms with Gasteiger partial charge < -0.3 is 10.4 Å². The standard InChI is InChI=1S/C14H16ClN3O3/c1-2-5-9(8-11(19)20)16-14(21)12-13(15)17-10-6-3-4-7-18(10)12/h3-4,6-7,9H,2,5,8H2,1H3,(H,16,21)(H,19,20). The number of halogens is 1. The van der Waals surface area contributed by atoms with E-state index in [4.69, 9.17) is 16.7 Å². The summed E-state index contributed by atoms with van der Waals surface area (Å²) in [6.07, 6.45) is 2.94. The highest BCUT2D eigenvalue weighted by Crippen LogP contribution is 2.18. The summed E-state index contributed by atoms with van der Waals surface area (Å²) in [5.41, 5.74) is 0.789. The van der Waals surface area contributed by atoms with Crippen molar-refractivity contribution in [2.24, 2.45) is 0 Å². The Kier molecular flexibility index (Phi) is 4.80. The summed E-state index contributed by atoms with van der Waals surface area (Å²) >= 11 is 6.02. The summed E-state index contributed by atoms with van der Waals surface area (Å²) in [7, 11) is 0. The second-order valence-corrected chi connectivity index (χ2v) is 5.09. The SMILES string of the molecule is CCCC(CC(=O)O)NC(=O)c1c(Cl)nc2ccccn12. The number of carbonyl (C=O) groups excluding carboxylic acids is 1. The number of aliphatic carboxylic acids is 1. The fourth-order valence-electron chi connectivity index (χ4n) is 2.21. The molecule has 2 aromatic rings. The van der Waals surface area contributed by atoms with Gasteiger partial charge in [0, 0.05) is 12.2 Å². The van der Waals surface area contributed by atoms with Gasteiger partial charge >= 0.3 is 5.97 Å². The first-order chi connectivity index (χ1) is 10.0. The van der Waals surface area contributed by atoms with Crippen molar-refractivity contribution in [2.75, 3.05) is 0 Å². The van der Waals surface area contributed by atoms with Crippen LogP contribution >= 0.6 is 11.6 Å². The number of aromatic nitrogens is 2. The Morgan fingerprint density at radius 2 is 2.24 bits per heavy atom. The van der Waals surface area contributed by atoms with Crippen LogP contribution in [0.1, 0.15) is 36.7 Å². The van der Waals surface area contributed by atoms with Crippen LogP contribution in [0.25, 0.3) is 5.65 Å². The molecule has 6 nitrogen and oxygen atoms in total. The number of carbonyl (C=O) groups is 2. The Morgan fingerprint density at radius 3 is 2.90 bits per heavy atom. The van der Waals surface area contributed by atoms with Crippen LogP contribution in [0.2, 0.25) is 5.15 Å². The number of hydrogen-bond donors (Lipinski definition) is 2. The predicted octanol–water partition coefficient (Wildman–Crippen LogP) is 2.36. The third kappa shape index (κ3) is 3.52. The molecule has 0 aromatic carbocycles. The number of amides is 1. The zero-order chi connectivity index (χ0) is 15.4. The van der Waals surface area contributed by atoms with Gasteiger partial charge in [0.2, 0.25) is 0 Å². The lowest BCUT2D eigenvalue weighted by atomic mass is 10.1. The zero-order valence-electron chi connectivity index (χ0n) is 11.5. The zero-order valence-corrected chi connectivity index (χ0v) is 12.3. The molecule has 0 radical (unpaired) electrons. The van der Waals surface area contributed by atoms with Crippen molar-refractivity contribution < 1.29 is 14.7 Å². The molecule has 2 N–H and O–H groups in total. The van der Waals surface area contributed by atoms with Gasteiger partial charge in [-0.3, -0.25) is 14.0 Å². The Hall–Kier alpha value is -2.08. The average molecular weight is 310 g/mol. The first-order valence-electron chi connectivity index (χ1n) is 6.68. The number of carboxylic acids is 1. The number of hydrogen-bond acceptors (Lipinski definition) is 3. The largest absolute Gasteiger partial charge is 0.481 e. The summed E-state index contributed by atoms with van der Waals surface area (Å²) in [6, 6.07) is 4.88. The quantitative estimate of drug-likeness (QED) is 0.858. The molecule has 0 saturated heterocycles. The molecular weight excluding hydrogens is 294 g/mol. The Labute approximate surface area is 126 Å². The molecule has 0 fully saturated rings. The van der Waals surface area contributed by atoms with Gasteiger partial charge in [0.25, 0.3) is 5.91 Å². The van der Waals surface area contributed by atoms with Crippen molar-refractivity contribution in [3.05, 3.63) is 35.2 Å². The molecule has 1 amide bonds. The molecule has 0 aliphatic carbocycles. The van der Waals surface area contributed by atoms with Gasteiger partial charge in [-0.2, -0.15) is 0 Å². The number of imidazole rings is 1. The monoisotopic (exact) mass is 309 g/mol. The lowest BCUT2D eigenvalue weighted by Crippen LogP contribution is -2.37. The maximum atomic E-state index is 12.4. The van der Waals surface area contributed by atoms with Crippen LogP contribution in [0.15, 0.2) is 24.4 Å². The Bertz CT molecular complexity index is 669. The lowest BCUT2D eigenvalue weighted by Gasteiger charge is -2.16. The highest BCUT2D eigenvalue weighted by Gasteiger charge is 2.21. The van der Waals surface area contributed by atoms with Gasteiger partial charge in [-0.05, 0) is 18.6 Å². The molecule has 1 unspecified atom stereocenters. The molecule has 21 heavy (non-hydrogen) atoms. The molecular formula is C14H16ClN3O3. The smallest absolute Gasteiger partial charge is 0.305 e. The molecule has 2 heterocycles. The van der Waals surface area contributed by atoms with Gasteiger partial charge in [0.1, 0.15) is 5.65 Å². The van der Waals surface area contributed by atoms with E-state index in [1.165, 1.54) is 0 Å². The third-order valence-electron chi connectivity index (χ3n) is 3.10. The minimum Gasteiger partial charge on any atom is -0.481 e. The van der Waals surface area contributed by atoms with Crippen LogP contribution in [0, 0.1) is 0 Å². The van der Waals surface area contributed by atoms with Gasteiger partial charge in [-0.1, -0.05) is 31.0 Å². The summed E-state index contributed by atoms with van der Waals surface area (Å²) in [5, 5.41) is 11.7. The number of carboxylic acid groups (broad SMARTS) is 1. The summed E-state index contributed by atoms with van der Waals surface area (Å²) in [6.45, 7) is 1.93. The lowest BCUT2D eigenvalue weighted by molar-refractivity contribution is -0.137. The molecule has 1 atom stereocenters. The number of rotatable bonds is 6. The van der Waals surface area contributed by atoms with E-state index in [9.17, 15) is 9.59 Å². The van der Waals surface area contributed by atoms with Crippen LogP contribution < -0.4 is 5.32 Å². The molecule has 0 saturated carbocycles. The van der Waals surface area contributed by atoms with Gasteiger partial charge in [-0.25, -0.2) is 4.98 Å². The van der Waals surface area contributed by atoms with E-state index in [1.807, 2.05) is 6.92 Å². The van der Waals surface area contributed by atoms with E-state index in [1.54, 1.807) is 28.8 Å². The van der Waals surface area contributed by atoms with Crippen LogP contribution in [0.5, 0.6) is 0 Å². The molecule has 0 bridgehead atoms. The van der Waals surface area contributed by atoms with Crippen molar-refractivity contribution >= 4 is 29.1 Å². The summed E-state index contributed by atoms with van der Waals surface area (Å²) < 4.78 is 1.58. The minimum absolute atomic E-state index is 0.101. The first kappa shape index (κ1) is 15.3. The summed E-state index contributed by atoms with van der Waals surface area (Å²) in [4.78, 5) is 27.3. The number of nitrogens with one attached hydrogen (secondary N) is 1. The molecule has 2 aromatic heterocycles. The fourth-order valence-corrected chi connectivity index (χ4v) is 2.47. The third-order valence-corrected chi connectivity index (χ3v) is 3.36. The highest BCUT2D eigenvalue weighted by atomic mass is 35.5. The molecule has 2 rings (SSSR count). The normalized spacial score (nSPS) is 12.3. The van der Waals surface area contributed by atoms with Gasteiger partial charge in [0.05, 0.1) is 6.42 Å². The maximum Gasteiger partial charge on any atom is 0.305 e. The van der Waals surface area contributed by atoms with Crippen LogP contribution in [-0.4, -0.2) is 32.4 Å². The summed E-state index contributed by atoms with van der Waals surface area (Å²) in [5.74, 6) is -1.36. The topological polar surface area (TPSA) is 83.7 Å². The van der Waals surface area contributed by atoms with Crippen LogP contribution in [0.3, 0.4) is 0 Å². The Morgan fingerprint density at radius 1 is 1.48 bits per heavy atom. The van der Waals surface area contributed by atoms with Crippen LogP contribution in [0.4, 0.5) is 0 Å². The number of pyridine rings is 1. The van der Waals surface area contributed by atoms with E-state index in [2.05, 4.69) is 10.3 Å². The molecule has 112 valence electrons. The minimum atomic E-state index is -0.946. The second-order valence-electron chi connectivity index (χ2n) is 4.74. The predicted molar refractivity (Wildman–Crippen MR) is 78.6 cm³/mol. The second kappa shape index (κ2) is 6.58. The van der Waals surface area contributed by atoms with Crippen molar-refractivity contribution in [1.29, 1.82) is 0 Å². The van der Waals surface area contributed by atoms with E-state index < -0.39 is 17.9 Å². The van der Waals surface area contributed by atoms with E-state index >= 15 is 0 Å². The van der Waals surface area contributed by atoms with Crippen molar-refractivity contribution in [1.82, 2.24) is 14.7 Å².